The van der Waals surface area contributed by atoms with Crippen molar-refractivity contribution in [2.75, 3.05) is 19.8 Å². The van der Waals surface area contributed by atoms with Crippen molar-refractivity contribution in [3.63, 3.8) is 0 Å². The molecular weight excluding hydrogens is 242 g/mol. The summed E-state index contributed by atoms with van der Waals surface area (Å²) >= 11 is 0. The van der Waals surface area contributed by atoms with E-state index in [1.807, 2.05) is 18.2 Å². The Balaban J connectivity index is 1.99. The summed E-state index contributed by atoms with van der Waals surface area (Å²) in [6.07, 6.45) is 2.53. The van der Waals surface area contributed by atoms with E-state index in [2.05, 4.69) is 29.5 Å². The molecule has 1 rings (SSSR count). The van der Waals surface area contributed by atoms with E-state index in [0.29, 0.717) is 25.6 Å². The normalized spacial score (nSPS) is 10.5. The summed E-state index contributed by atoms with van der Waals surface area (Å²) in [4.78, 5) is 15.6. The van der Waals surface area contributed by atoms with Crippen molar-refractivity contribution < 1.29 is 9.53 Å². The summed E-state index contributed by atoms with van der Waals surface area (Å²) < 4.78 is 5.42. The molecule has 1 aromatic rings. The first-order valence-corrected chi connectivity index (χ1v) is 6.68. The first-order chi connectivity index (χ1) is 9.18. The molecule has 0 fully saturated rings. The fourth-order valence-electron chi connectivity index (χ4n) is 1.43. The first-order valence-electron chi connectivity index (χ1n) is 6.68. The molecular formula is C14H23N3O2. The van der Waals surface area contributed by atoms with Crippen LogP contribution in [0, 0.1) is 5.92 Å². The maximum Gasteiger partial charge on any atom is 0.315 e. The van der Waals surface area contributed by atoms with Crippen LogP contribution in [0.15, 0.2) is 24.4 Å². The van der Waals surface area contributed by atoms with Crippen molar-refractivity contribution >= 4 is 6.03 Å². The van der Waals surface area contributed by atoms with Crippen molar-refractivity contribution in [3.05, 3.63) is 30.1 Å². The lowest BCUT2D eigenvalue weighted by molar-refractivity contribution is 0.108. The van der Waals surface area contributed by atoms with Gasteiger partial charge in [0.2, 0.25) is 0 Å². The first kappa shape index (κ1) is 15.4. The molecule has 19 heavy (non-hydrogen) atoms. The van der Waals surface area contributed by atoms with Gasteiger partial charge in [-0.05, 0) is 24.5 Å². The van der Waals surface area contributed by atoms with Gasteiger partial charge in [-0.2, -0.15) is 0 Å². The van der Waals surface area contributed by atoms with Crippen LogP contribution >= 0.6 is 0 Å². The Kier molecular flexibility index (Phi) is 7.58. The number of carbonyl (C=O) groups is 1. The molecule has 0 aliphatic carbocycles. The quantitative estimate of drug-likeness (QED) is 0.706. The van der Waals surface area contributed by atoms with Crippen LogP contribution in [-0.2, 0) is 11.3 Å². The van der Waals surface area contributed by atoms with Gasteiger partial charge in [-0.1, -0.05) is 19.9 Å². The Hall–Kier alpha value is -1.62. The summed E-state index contributed by atoms with van der Waals surface area (Å²) in [5.74, 6) is 0.551. The van der Waals surface area contributed by atoms with Crippen molar-refractivity contribution in [2.45, 2.75) is 26.8 Å². The van der Waals surface area contributed by atoms with Gasteiger partial charge in [0, 0.05) is 26.0 Å². The van der Waals surface area contributed by atoms with Crippen molar-refractivity contribution in [2.24, 2.45) is 5.92 Å². The third-order valence-electron chi connectivity index (χ3n) is 2.36. The minimum absolute atomic E-state index is 0.172. The smallest absolute Gasteiger partial charge is 0.315 e. The van der Waals surface area contributed by atoms with Gasteiger partial charge in [0.15, 0.2) is 0 Å². The highest BCUT2D eigenvalue weighted by Crippen LogP contribution is 1.93. The molecule has 5 heteroatoms. The Labute approximate surface area is 114 Å². The zero-order valence-corrected chi connectivity index (χ0v) is 11.7. The number of ether oxygens (including phenoxy) is 1. The van der Waals surface area contributed by atoms with Gasteiger partial charge in [0.05, 0.1) is 12.2 Å². The van der Waals surface area contributed by atoms with Crippen LogP contribution in [0.1, 0.15) is 26.0 Å². The average Bonchev–Trinajstić information content (AvgIpc) is 2.41. The van der Waals surface area contributed by atoms with Crippen molar-refractivity contribution in [1.82, 2.24) is 15.6 Å². The number of rotatable bonds is 8. The molecule has 1 heterocycles. The number of amides is 2. The highest BCUT2D eigenvalue weighted by atomic mass is 16.5. The third-order valence-corrected chi connectivity index (χ3v) is 2.36. The van der Waals surface area contributed by atoms with Crippen molar-refractivity contribution in [3.8, 4) is 0 Å². The van der Waals surface area contributed by atoms with E-state index in [0.717, 1.165) is 18.7 Å². The molecule has 106 valence electrons. The molecule has 0 aliphatic heterocycles. The Bertz CT molecular complexity index is 355. The monoisotopic (exact) mass is 265 g/mol. The van der Waals surface area contributed by atoms with E-state index in [-0.39, 0.29) is 6.03 Å². The second kappa shape index (κ2) is 9.33. The Morgan fingerprint density at radius 3 is 2.89 bits per heavy atom. The van der Waals surface area contributed by atoms with Crippen LogP contribution in [0.4, 0.5) is 4.79 Å². The summed E-state index contributed by atoms with van der Waals surface area (Å²) in [6.45, 7) is 6.74. The van der Waals surface area contributed by atoms with Gasteiger partial charge < -0.3 is 15.4 Å². The van der Waals surface area contributed by atoms with Crippen LogP contribution in [0.3, 0.4) is 0 Å². The molecule has 2 N–H and O–H groups in total. The summed E-state index contributed by atoms with van der Waals surface area (Å²) in [5, 5.41) is 5.54. The second-order valence-corrected chi connectivity index (χ2v) is 4.75. The second-order valence-electron chi connectivity index (χ2n) is 4.75. The van der Waals surface area contributed by atoms with Gasteiger partial charge in [0.25, 0.3) is 0 Å². The molecule has 0 aliphatic rings. The number of urea groups is 1. The van der Waals surface area contributed by atoms with Crippen LogP contribution in [-0.4, -0.2) is 30.8 Å². The number of aromatic nitrogens is 1. The van der Waals surface area contributed by atoms with Gasteiger partial charge in [-0.15, -0.1) is 0 Å². The van der Waals surface area contributed by atoms with E-state index >= 15 is 0 Å². The predicted octanol–water partition coefficient (Wildman–Crippen LogP) is 1.94. The zero-order valence-electron chi connectivity index (χ0n) is 11.7. The molecule has 5 nitrogen and oxygen atoms in total. The number of hydrogen-bond acceptors (Lipinski definition) is 3. The molecule has 0 spiro atoms. The Morgan fingerprint density at radius 2 is 2.21 bits per heavy atom. The molecule has 0 saturated heterocycles. The molecule has 2 amide bonds. The van der Waals surface area contributed by atoms with Crippen LogP contribution in [0.2, 0.25) is 0 Å². The van der Waals surface area contributed by atoms with Crippen LogP contribution < -0.4 is 10.6 Å². The van der Waals surface area contributed by atoms with Crippen LogP contribution in [0.5, 0.6) is 0 Å². The minimum Gasteiger partial charge on any atom is -0.381 e. The van der Waals surface area contributed by atoms with Gasteiger partial charge >= 0.3 is 6.03 Å². The Morgan fingerprint density at radius 1 is 1.37 bits per heavy atom. The number of pyridine rings is 1. The molecule has 1 aromatic heterocycles. The molecule has 0 saturated carbocycles. The minimum atomic E-state index is -0.172. The largest absolute Gasteiger partial charge is 0.381 e. The van der Waals surface area contributed by atoms with E-state index in [1.54, 1.807) is 6.20 Å². The van der Waals surface area contributed by atoms with E-state index in [9.17, 15) is 4.79 Å². The van der Waals surface area contributed by atoms with Crippen molar-refractivity contribution in [1.29, 1.82) is 0 Å². The molecule has 0 aromatic carbocycles. The molecule has 0 bridgehead atoms. The highest BCUT2D eigenvalue weighted by Gasteiger charge is 2.00. The SMILES string of the molecule is CC(C)COCCCNC(=O)NCc1ccccn1. The fourth-order valence-corrected chi connectivity index (χ4v) is 1.43. The predicted molar refractivity (Wildman–Crippen MR) is 74.7 cm³/mol. The maximum absolute atomic E-state index is 11.5. The van der Waals surface area contributed by atoms with Crippen LogP contribution in [0.25, 0.3) is 0 Å². The fraction of sp³-hybridized carbons (Fsp3) is 0.571. The highest BCUT2D eigenvalue weighted by molar-refractivity contribution is 5.73. The maximum atomic E-state index is 11.5. The summed E-state index contributed by atoms with van der Waals surface area (Å²) in [5.41, 5.74) is 0.845. The topological polar surface area (TPSA) is 63.2 Å². The standard InChI is InChI=1S/C14H23N3O2/c1-12(2)11-19-9-5-8-16-14(18)17-10-13-6-3-4-7-15-13/h3-4,6-7,12H,5,8-11H2,1-2H3,(H2,16,17,18). The molecule has 0 unspecified atom stereocenters. The number of carbonyl (C=O) groups excluding carboxylic acids is 1. The molecule has 0 atom stereocenters. The van der Waals surface area contributed by atoms with E-state index in [1.165, 1.54) is 0 Å². The van der Waals surface area contributed by atoms with Gasteiger partial charge in [0.1, 0.15) is 0 Å². The van der Waals surface area contributed by atoms with Gasteiger partial charge in [-0.25, -0.2) is 4.79 Å². The summed E-state index contributed by atoms with van der Waals surface area (Å²) in [7, 11) is 0. The third kappa shape index (κ3) is 8.15. The lowest BCUT2D eigenvalue weighted by Crippen LogP contribution is -2.36. The zero-order chi connectivity index (χ0) is 13.9. The summed E-state index contributed by atoms with van der Waals surface area (Å²) in [6, 6.07) is 5.45. The van der Waals surface area contributed by atoms with E-state index in [4.69, 9.17) is 4.74 Å². The lowest BCUT2D eigenvalue weighted by atomic mass is 10.2. The number of hydrogen-bond donors (Lipinski definition) is 2. The number of nitrogens with zero attached hydrogens (tertiary/aromatic N) is 1. The average molecular weight is 265 g/mol. The van der Waals surface area contributed by atoms with Gasteiger partial charge in [-0.3, -0.25) is 4.98 Å². The van der Waals surface area contributed by atoms with E-state index < -0.39 is 0 Å². The lowest BCUT2D eigenvalue weighted by Gasteiger charge is -2.08. The number of nitrogens with one attached hydrogen (secondary N) is 2. The molecule has 0 radical (unpaired) electrons.